The summed E-state index contributed by atoms with van der Waals surface area (Å²) < 4.78 is 0. The molecule has 0 aliphatic rings. The number of carbonyl (C=O) groups excluding carboxylic acids is 1. The monoisotopic (exact) mass is 157 g/mol. The summed E-state index contributed by atoms with van der Waals surface area (Å²) in [6, 6.07) is 0.461. The van der Waals surface area contributed by atoms with Crippen LogP contribution in [0, 0.1) is 5.41 Å². The van der Waals surface area contributed by atoms with E-state index in [1.165, 1.54) is 0 Å². The number of aldehydes is 1. The molecule has 1 N–H and O–H groups in total. The molecule has 2 heteroatoms. The molecule has 0 aromatic heterocycles. The van der Waals surface area contributed by atoms with Crippen LogP contribution in [-0.4, -0.2) is 18.9 Å². The molecule has 0 aliphatic carbocycles. The highest BCUT2D eigenvalue weighted by Crippen LogP contribution is 2.17. The Kier molecular flexibility index (Phi) is 4.34. The van der Waals surface area contributed by atoms with E-state index in [1.54, 1.807) is 0 Å². The lowest BCUT2D eigenvalue weighted by molar-refractivity contribution is -0.107. The molecule has 0 saturated heterocycles. The van der Waals surface area contributed by atoms with Gasteiger partial charge in [0.05, 0.1) is 0 Å². The maximum Gasteiger partial charge on any atom is 0.121 e. The van der Waals surface area contributed by atoms with Gasteiger partial charge in [-0.2, -0.15) is 0 Å². The number of hydrogen-bond acceptors (Lipinski definition) is 2. The SMILES string of the molecule is CC(NCCC=O)C(C)(C)C. The zero-order valence-electron chi connectivity index (χ0n) is 7.98. The predicted octanol–water partition coefficient (Wildman–Crippen LogP) is 1.60. The van der Waals surface area contributed by atoms with Crippen LogP contribution in [0.2, 0.25) is 0 Å². The lowest BCUT2D eigenvalue weighted by Crippen LogP contribution is -2.38. The Hall–Kier alpha value is -0.370. The standard InChI is InChI=1S/C9H19NO/c1-8(9(2,3)4)10-6-5-7-11/h7-8,10H,5-6H2,1-4H3. The Bertz CT molecular complexity index is 115. The normalized spacial score (nSPS) is 14.5. The lowest BCUT2D eigenvalue weighted by Gasteiger charge is -2.27. The van der Waals surface area contributed by atoms with Crippen LogP contribution in [0.5, 0.6) is 0 Å². The summed E-state index contributed by atoms with van der Waals surface area (Å²) in [4.78, 5) is 10.00. The minimum Gasteiger partial charge on any atom is -0.313 e. The zero-order chi connectivity index (χ0) is 8.91. The van der Waals surface area contributed by atoms with Crippen LogP contribution in [-0.2, 0) is 4.79 Å². The highest BCUT2D eigenvalue weighted by atomic mass is 16.1. The second-order valence-corrected chi connectivity index (χ2v) is 4.00. The van der Waals surface area contributed by atoms with Crippen molar-refractivity contribution >= 4 is 6.29 Å². The average Bonchev–Trinajstić information content (AvgIpc) is 1.86. The lowest BCUT2D eigenvalue weighted by atomic mass is 9.88. The average molecular weight is 157 g/mol. The Morgan fingerprint density at radius 3 is 2.36 bits per heavy atom. The van der Waals surface area contributed by atoms with Crippen LogP contribution in [0.4, 0.5) is 0 Å². The van der Waals surface area contributed by atoms with Crippen molar-refractivity contribution in [1.29, 1.82) is 0 Å². The first-order valence-corrected chi connectivity index (χ1v) is 4.15. The van der Waals surface area contributed by atoms with Crippen molar-refractivity contribution in [3.63, 3.8) is 0 Å². The first-order chi connectivity index (χ1) is 4.98. The summed E-state index contributed by atoms with van der Waals surface area (Å²) >= 11 is 0. The molecule has 0 radical (unpaired) electrons. The highest BCUT2D eigenvalue weighted by molar-refractivity contribution is 5.49. The number of rotatable bonds is 4. The van der Waals surface area contributed by atoms with E-state index in [0.29, 0.717) is 12.5 Å². The summed E-state index contributed by atoms with van der Waals surface area (Å²) in [6.45, 7) is 9.50. The van der Waals surface area contributed by atoms with Gasteiger partial charge in [-0.1, -0.05) is 20.8 Å². The third-order valence-electron chi connectivity index (χ3n) is 2.01. The molecule has 0 heterocycles. The third kappa shape index (κ3) is 4.96. The van der Waals surface area contributed by atoms with Crippen LogP contribution < -0.4 is 5.32 Å². The van der Waals surface area contributed by atoms with Crippen LogP contribution >= 0.6 is 0 Å². The Balaban J connectivity index is 3.52. The largest absolute Gasteiger partial charge is 0.313 e. The van der Waals surface area contributed by atoms with Gasteiger partial charge in [0, 0.05) is 19.0 Å². The van der Waals surface area contributed by atoms with E-state index in [4.69, 9.17) is 0 Å². The van der Waals surface area contributed by atoms with E-state index in [1.807, 2.05) is 0 Å². The number of carbonyl (C=O) groups is 1. The minimum absolute atomic E-state index is 0.281. The van der Waals surface area contributed by atoms with Crippen molar-refractivity contribution in [2.45, 2.75) is 40.2 Å². The van der Waals surface area contributed by atoms with Gasteiger partial charge in [-0.05, 0) is 12.3 Å². The van der Waals surface area contributed by atoms with E-state index in [0.717, 1.165) is 12.8 Å². The molecule has 0 saturated carbocycles. The maximum absolute atomic E-state index is 10.00. The molecule has 0 rings (SSSR count). The van der Waals surface area contributed by atoms with E-state index >= 15 is 0 Å². The first kappa shape index (κ1) is 10.6. The molecule has 11 heavy (non-hydrogen) atoms. The molecule has 1 unspecified atom stereocenters. The smallest absolute Gasteiger partial charge is 0.121 e. The third-order valence-corrected chi connectivity index (χ3v) is 2.01. The fourth-order valence-electron chi connectivity index (χ4n) is 0.665. The molecule has 0 amide bonds. The second kappa shape index (κ2) is 4.50. The Morgan fingerprint density at radius 2 is 2.00 bits per heavy atom. The molecular formula is C9H19NO. The van der Waals surface area contributed by atoms with Crippen molar-refractivity contribution in [3.8, 4) is 0 Å². The Labute approximate surface area is 69.4 Å². The summed E-state index contributed by atoms with van der Waals surface area (Å²) in [7, 11) is 0. The second-order valence-electron chi connectivity index (χ2n) is 4.00. The number of hydrogen-bond donors (Lipinski definition) is 1. The van der Waals surface area contributed by atoms with Crippen LogP contribution in [0.15, 0.2) is 0 Å². The van der Waals surface area contributed by atoms with Crippen molar-refractivity contribution in [2.75, 3.05) is 6.54 Å². The van der Waals surface area contributed by atoms with Crippen molar-refractivity contribution in [3.05, 3.63) is 0 Å². The fraction of sp³-hybridized carbons (Fsp3) is 0.889. The maximum atomic E-state index is 10.00. The summed E-state index contributed by atoms with van der Waals surface area (Å²) in [5.74, 6) is 0. The van der Waals surface area contributed by atoms with Gasteiger partial charge in [0.15, 0.2) is 0 Å². The summed E-state index contributed by atoms with van der Waals surface area (Å²) in [6.07, 6.45) is 1.56. The Morgan fingerprint density at radius 1 is 1.45 bits per heavy atom. The fourth-order valence-corrected chi connectivity index (χ4v) is 0.665. The van der Waals surface area contributed by atoms with Crippen LogP contribution in [0.1, 0.15) is 34.1 Å². The van der Waals surface area contributed by atoms with Gasteiger partial charge >= 0.3 is 0 Å². The predicted molar refractivity (Wildman–Crippen MR) is 47.6 cm³/mol. The van der Waals surface area contributed by atoms with Crippen molar-refractivity contribution < 1.29 is 4.79 Å². The van der Waals surface area contributed by atoms with Crippen molar-refractivity contribution in [2.24, 2.45) is 5.41 Å². The van der Waals surface area contributed by atoms with E-state index in [9.17, 15) is 4.79 Å². The van der Waals surface area contributed by atoms with Crippen molar-refractivity contribution in [1.82, 2.24) is 5.32 Å². The topological polar surface area (TPSA) is 29.1 Å². The van der Waals surface area contributed by atoms with E-state index in [-0.39, 0.29) is 5.41 Å². The van der Waals surface area contributed by atoms with Gasteiger partial charge < -0.3 is 10.1 Å². The molecule has 0 aromatic carbocycles. The molecule has 66 valence electrons. The van der Waals surface area contributed by atoms with Gasteiger partial charge in [-0.25, -0.2) is 0 Å². The molecule has 0 fully saturated rings. The summed E-state index contributed by atoms with van der Waals surface area (Å²) in [5, 5.41) is 3.29. The molecule has 0 bridgehead atoms. The molecule has 0 aromatic rings. The minimum atomic E-state index is 0.281. The van der Waals surface area contributed by atoms with Gasteiger partial charge in [0.2, 0.25) is 0 Å². The van der Waals surface area contributed by atoms with Gasteiger partial charge in [-0.3, -0.25) is 0 Å². The van der Waals surface area contributed by atoms with Crippen LogP contribution in [0.25, 0.3) is 0 Å². The van der Waals surface area contributed by atoms with E-state index < -0.39 is 0 Å². The molecule has 2 nitrogen and oxygen atoms in total. The molecule has 0 aliphatic heterocycles. The molecular weight excluding hydrogens is 138 g/mol. The first-order valence-electron chi connectivity index (χ1n) is 4.15. The zero-order valence-corrected chi connectivity index (χ0v) is 7.98. The van der Waals surface area contributed by atoms with Gasteiger partial charge in [0.25, 0.3) is 0 Å². The molecule has 0 spiro atoms. The highest BCUT2D eigenvalue weighted by Gasteiger charge is 2.18. The summed E-state index contributed by atoms with van der Waals surface area (Å²) in [5.41, 5.74) is 0.281. The quantitative estimate of drug-likeness (QED) is 0.496. The van der Waals surface area contributed by atoms with Gasteiger partial charge in [0.1, 0.15) is 6.29 Å². The van der Waals surface area contributed by atoms with Gasteiger partial charge in [-0.15, -0.1) is 0 Å². The molecule has 1 atom stereocenters. The van der Waals surface area contributed by atoms with Crippen LogP contribution in [0.3, 0.4) is 0 Å². The number of nitrogens with one attached hydrogen (secondary N) is 1. The van der Waals surface area contributed by atoms with E-state index in [2.05, 4.69) is 33.0 Å².